The van der Waals surface area contributed by atoms with Crippen molar-refractivity contribution in [3.05, 3.63) is 72.3 Å². The standard InChI is InChI=1S/C25H22F6N4O3S2/c26-24(27,28)16-4-3-6-19-23(16)39-21-7-2-1-5-18(21)35(19)20-13-33-12-17(22(20)36)34-40(32,37)15-10-8-14(9-11-15)38-25(29,30)31/h1-11,17,20,22,33,36H,12-13H2,(H2,32,34,37). The number of hydrogen-bond donors (Lipinski definition) is 4. The van der Waals surface area contributed by atoms with E-state index in [-0.39, 0.29) is 28.6 Å². The van der Waals surface area contributed by atoms with Gasteiger partial charge in [0.25, 0.3) is 0 Å². The molecule has 3 aromatic rings. The third-order valence-corrected chi connectivity index (χ3v) is 9.23. The van der Waals surface area contributed by atoms with Crippen LogP contribution in [0.5, 0.6) is 5.75 Å². The van der Waals surface area contributed by atoms with Gasteiger partial charge < -0.3 is 20.1 Å². The van der Waals surface area contributed by atoms with Crippen LogP contribution in [0.15, 0.2) is 81.4 Å². The number of nitrogens with one attached hydrogen (secondary N) is 3. The molecule has 5 rings (SSSR count). The maximum absolute atomic E-state index is 13.9. The van der Waals surface area contributed by atoms with Crippen LogP contribution in [0.4, 0.5) is 37.7 Å². The predicted octanol–water partition coefficient (Wildman–Crippen LogP) is 5.52. The lowest BCUT2D eigenvalue weighted by Gasteiger charge is -2.45. The minimum atomic E-state index is -4.92. The molecule has 2 aliphatic heterocycles. The second-order valence-electron chi connectivity index (χ2n) is 9.11. The molecule has 4 N–H and O–H groups in total. The Labute approximate surface area is 229 Å². The summed E-state index contributed by atoms with van der Waals surface area (Å²) in [4.78, 5) is 2.02. The van der Waals surface area contributed by atoms with Crippen LogP contribution < -0.4 is 19.7 Å². The van der Waals surface area contributed by atoms with Crippen molar-refractivity contribution < 1.29 is 40.4 Å². The van der Waals surface area contributed by atoms with Gasteiger partial charge in [0.05, 0.1) is 40.0 Å². The van der Waals surface area contributed by atoms with Gasteiger partial charge in [-0.25, -0.2) is 13.7 Å². The third kappa shape index (κ3) is 5.74. The van der Waals surface area contributed by atoms with Crippen LogP contribution in [-0.4, -0.2) is 47.0 Å². The lowest BCUT2D eigenvalue weighted by molar-refractivity contribution is -0.274. The van der Waals surface area contributed by atoms with E-state index in [1.54, 1.807) is 29.2 Å². The number of hydrogen-bond acceptors (Lipinski definition) is 7. The largest absolute Gasteiger partial charge is 0.573 e. The summed E-state index contributed by atoms with van der Waals surface area (Å²) in [7, 11) is -3.81. The summed E-state index contributed by atoms with van der Waals surface area (Å²) in [5.74, 6) is -0.551. The molecule has 3 aromatic carbocycles. The lowest BCUT2D eigenvalue weighted by Crippen LogP contribution is -2.64. The highest BCUT2D eigenvalue weighted by molar-refractivity contribution is 7.99. The van der Waals surface area contributed by atoms with Crippen molar-refractivity contribution in [1.29, 1.82) is 4.78 Å². The first-order chi connectivity index (χ1) is 18.7. The first kappa shape index (κ1) is 28.5. The summed E-state index contributed by atoms with van der Waals surface area (Å²) in [6, 6.07) is 12.8. The van der Waals surface area contributed by atoms with E-state index in [2.05, 4.69) is 14.8 Å². The molecule has 7 nitrogen and oxygen atoms in total. The summed E-state index contributed by atoms with van der Waals surface area (Å²) in [5.41, 5.74) is 0.0177. The molecule has 2 aliphatic rings. The van der Waals surface area contributed by atoms with Crippen LogP contribution in [0.2, 0.25) is 0 Å². The summed E-state index contributed by atoms with van der Waals surface area (Å²) >= 11 is 0.982. The zero-order valence-corrected chi connectivity index (χ0v) is 21.9. The Kier molecular flexibility index (Phi) is 7.46. The van der Waals surface area contributed by atoms with Gasteiger partial charge in [-0.3, -0.25) is 0 Å². The van der Waals surface area contributed by atoms with E-state index in [1.807, 2.05) is 0 Å². The predicted molar refractivity (Wildman–Crippen MR) is 136 cm³/mol. The minimum absolute atomic E-state index is 0.0126. The van der Waals surface area contributed by atoms with Crippen molar-refractivity contribution >= 4 is 33.1 Å². The van der Waals surface area contributed by atoms with Crippen molar-refractivity contribution in [3.8, 4) is 5.75 Å². The fourth-order valence-corrected chi connectivity index (χ4v) is 7.26. The number of halogens is 6. The second kappa shape index (κ2) is 10.4. The number of nitrogens with zero attached hydrogens (tertiary/aromatic N) is 1. The van der Waals surface area contributed by atoms with Gasteiger partial charge in [-0.1, -0.05) is 30.0 Å². The molecule has 4 atom stereocenters. The highest BCUT2D eigenvalue weighted by atomic mass is 32.2. The van der Waals surface area contributed by atoms with Crippen LogP contribution >= 0.6 is 11.8 Å². The highest BCUT2D eigenvalue weighted by Crippen LogP contribution is 2.53. The van der Waals surface area contributed by atoms with E-state index in [1.165, 1.54) is 12.1 Å². The highest BCUT2D eigenvalue weighted by Gasteiger charge is 2.43. The molecule has 0 aliphatic carbocycles. The molecule has 0 spiro atoms. The molecule has 1 saturated heterocycles. The fraction of sp³-hybridized carbons (Fsp3) is 0.280. The molecule has 1 fully saturated rings. The first-order valence-electron chi connectivity index (χ1n) is 11.8. The summed E-state index contributed by atoms with van der Waals surface area (Å²) in [6.07, 6.45) is -10.8. The summed E-state index contributed by atoms with van der Waals surface area (Å²) < 4.78 is 107. The van der Waals surface area contributed by atoms with Gasteiger partial charge in [-0.2, -0.15) is 13.2 Å². The fourth-order valence-electron chi connectivity index (χ4n) is 4.75. The SMILES string of the molecule is N=S(=O)(NC1CNCC(N2c3ccccc3Sc3c2cccc3C(F)(F)F)C1O)c1ccc(OC(F)(F)F)cc1. The molecule has 40 heavy (non-hydrogen) atoms. The number of aliphatic hydroxyl groups is 1. The Morgan fingerprint density at radius 1 is 0.975 bits per heavy atom. The zero-order chi connectivity index (χ0) is 28.9. The van der Waals surface area contributed by atoms with Crippen LogP contribution in [0, 0.1) is 4.78 Å². The van der Waals surface area contributed by atoms with Gasteiger partial charge in [-0.15, -0.1) is 13.2 Å². The molecule has 0 aromatic heterocycles. The Bertz CT molecular complexity index is 1500. The van der Waals surface area contributed by atoms with Crippen LogP contribution in [-0.2, 0) is 16.1 Å². The molecule has 214 valence electrons. The molecule has 2 heterocycles. The number of fused-ring (bicyclic) bond motifs is 2. The topological polar surface area (TPSA) is 97.7 Å². The normalized spacial score (nSPS) is 22.7. The van der Waals surface area contributed by atoms with E-state index in [0.29, 0.717) is 10.6 Å². The molecule has 15 heteroatoms. The Hall–Kier alpha value is -2.98. The molecule has 4 unspecified atom stereocenters. The second-order valence-corrected chi connectivity index (χ2v) is 12.0. The maximum Gasteiger partial charge on any atom is 0.573 e. The Morgan fingerprint density at radius 3 is 2.33 bits per heavy atom. The molecular weight excluding hydrogens is 582 g/mol. The van der Waals surface area contributed by atoms with E-state index < -0.39 is 52.0 Å². The summed E-state index contributed by atoms with van der Waals surface area (Å²) in [6.45, 7) is 0.235. The number of alkyl halides is 6. The van der Waals surface area contributed by atoms with E-state index in [9.17, 15) is 35.7 Å². The van der Waals surface area contributed by atoms with Gasteiger partial charge in [0.15, 0.2) is 0 Å². The number of aliphatic hydroxyl groups excluding tert-OH is 1. The molecule has 0 radical (unpaired) electrons. The van der Waals surface area contributed by atoms with Crippen molar-refractivity contribution in [2.24, 2.45) is 0 Å². The molecule has 0 saturated carbocycles. The van der Waals surface area contributed by atoms with Crippen LogP contribution in [0.25, 0.3) is 0 Å². The third-order valence-electron chi connectivity index (χ3n) is 6.46. The van der Waals surface area contributed by atoms with Crippen LogP contribution in [0.3, 0.4) is 0 Å². The van der Waals surface area contributed by atoms with Gasteiger partial charge in [0.2, 0.25) is 0 Å². The Balaban J connectivity index is 1.45. The minimum Gasteiger partial charge on any atom is -0.406 e. The van der Waals surface area contributed by atoms with Gasteiger partial charge >= 0.3 is 12.5 Å². The first-order valence-corrected chi connectivity index (χ1v) is 14.2. The zero-order valence-electron chi connectivity index (χ0n) is 20.3. The molecule has 0 bridgehead atoms. The Morgan fingerprint density at radius 2 is 1.65 bits per heavy atom. The van der Waals surface area contributed by atoms with Crippen molar-refractivity contribution in [2.45, 2.75) is 45.4 Å². The number of para-hydroxylation sites is 1. The number of ether oxygens (including phenoxy) is 1. The van der Waals surface area contributed by atoms with Gasteiger partial charge in [-0.05, 0) is 48.5 Å². The maximum atomic E-state index is 13.9. The number of anilines is 2. The van der Waals surface area contributed by atoms with Crippen molar-refractivity contribution in [3.63, 3.8) is 0 Å². The monoisotopic (exact) mass is 604 g/mol. The number of piperidine rings is 1. The average Bonchev–Trinajstić information content (AvgIpc) is 2.87. The number of rotatable bonds is 5. The molecular formula is C25H22F6N4O3S2. The van der Waals surface area contributed by atoms with Crippen LogP contribution in [0.1, 0.15) is 5.56 Å². The van der Waals surface area contributed by atoms with E-state index in [0.717, 1.165) is 42.1 Å². The van der Waals surface area contributed by atoms with Crippen molar-refractivity contribution in [1.82, 2.24) is 10.0 Å². The van der Waals surface area contributed by atoms with E-state index >= 15 is 0 Å². The van der Waals surface area contributed by atoms with Gasteiger partial charge in [0, 0.05) is 22.9 Å². The summed E-state index contributed by atoms with van der Waals surface area (Å²) in [5, 5.41) is 14.5. The van der Waals surface area contributed by atoms with Gasteiger partial charge in [0.1, 0.15) is 15.7 Å². The molecule has 0 amide bonds. The van der Waals surface area contributed by atoms with Crippen molar-refractivity contribution in [2.75, 3.05) is 18.0 Å². The van der Waals surface area contributed by atoms with E-state index in [4.69, 9.17) is 4.78 Å². The average molecular weight is 605 g/mol. The number of benzene rings is 3. The smallest absolute Gasteiger partial charge is 0.406 e. The quantitative estimate of drug-likeness (QED) is 0.287. The lowest BCUT2D eigenvalue weighted by atomic mass is 9.96.